The van der Waals surface area contributed by atoms with Crippen molar-refractivity contribution in [1.82, 2.24) is 56.7 Å². The Morgan fingerprint density at radius 3 is 1.91 bits per heavy atom. The molecule has 4 heterocycles. The maximum absolute atomic E-state index is 15.0. The van der Waals surface area contributed by atoms with Crippen molar-refractivity contribution in [1.29, 1.82) is 0 Å². The van der Waals surface area contributed by atoms with Gasteiger partial charge in [0.2, 0.25) is 47.3 Å². The van der Waals surface area contributed by atoms with E-state index in [-0.39, 0.29) is 89.3 Å². The second-order valence-corrected chi connectivity index (χ2v) is 22.9. The Hall–Kier alpha value is -8.39. The number of nitrogens with zero attached hydrogens (tertiary/aromatic N) is 4. The third kappa shape index (κ3) is 19.1. The number of carbonyl (C=O) groups excluding carboxylic acids is 8. The summed E-state index contributed by atoms with van der Waals surface area (Å²) in [6, 6.07) is 6.15. The summed E-state index contributed by atoms with van der Waals surface area (Å²) in [7, 11) is 0. The Morgan fingerprint density at radius 1 is 0.686 bits per heavy atom. The van der Waals surface area contributed by atoms with Gasteiger partial charge in [-0.3, -0.25) is 43.3 Å². The van der Waals surface area contributed by atoms with Gasteiger partial charge in [-0.05, 0) is 106 Å². The molecular weight excluding hydrogens is 1100 g/mol. The van der Waals surface area contributed by atoms with E-state index in [0.717, 1.165) is 16.5 Å². The van der Waals surface area contributed by atoms with Gasteiger partial charge in [-0.15, -0.1) is 0 Å². The van der Waals surface area contributed by atoms with Crippen LogP contribution in [0.3, 0.4) is 0 Å². The van der Waals surface area contributed by atoms with Gasteiger partial charge in [-0.1, -0.05) is 82.6 Å². The molecule has 2 aliphatic heterocycles. The predicted octanol–water partition coefficient (Wildman–Crippen LogP) is 0.496. The standard InChI is InChI=1S/C60H88N16O10/c1-5-36(4)50(56(82)73-47(59(85)86)28-35(2)3)74-53(79)45(30-38-32-67-42-19-10-9-18-40(38)42)71-55(81)49-23-14-26-75(49)57(83)44(21-13-25-66-60(63)64)70-52(78)43(20-11-12-24-61)69-54(80)48-22-15-27-76(48)58(84)46(31-39-33-65-34-68-39)72-51(77)41(62)29-37-16-7-6-8-17-37/h6-10,16-19,32-36,41,43-50,67H,5,11-15,20-31,61-62H2,1-4H3,(H,65,68)(H,69,80)(H,70,78)(H,71,81)(H,72,77)(H,73,82)(H,74,79)(H,85,86)(H4,63,64,66)/t36-,41-,43-,44-,45-,46-,47-,48-,49-,50-/m0/s1. The minimum absolute atomic E-state index is 0.00355. The zero-order valence-electron chi connectivity index (χ0n) is 49.7. The van der Waals surface area contributed by atoms with Crippen molar-refractivity contribution in [2.45, 2.75) is 172 Å². The number of fused-ring (bicyclic) bond motifs is 1. The van der Waals surface area contributed by atoms with Gasteiger partial charge in [0.25, 0.3) is 0 Å². The van der Waals surface area contributed by atoms with Crippen LogP contribution in [0.5, 0.6) is 0 Å². The number of nitrogens with one attached hydrogen (secondary N) is 8. The van der Waals surface area contributed by atoms with Crippen LogP contribution in [0.25, 0.3) is 10.9 Å². The Bertz CT molecular complexity index is 2950. The van der Waals surface area contributed by atoms with E-state index in [9.17, 15) is 48.3 Å². The van der Waals surface area contributed by atoms with E-state index in [1.165, 1.54) is 22.3 Å². The topological polar surface area (TPSA) is 413 Å². The molecule has 0 bridgehead atoms. The van der Waals surface area contributed by atoms with Crippen LogP contribution in [-0.2, 0) is 62.4 Å². The molecule has 0 aliphatic carbocycles. The highest BCUT2D eigenvalue weighted by molar-refractivity contribution is 5.99. The fourth-order valence-corrected chi connectivity index (χ4v) is 11.0. The molecule has 2 aliphatic rings. The Kier molecular flexibility index (Phi) is 25.4. The number of aromatic nitrogens is 3. The molecule has 468 valence electrons. The Morgan fingerprint density at radius 2 is 1.29 bits per heavy atom. The van der Waals surface area contributed by atoms with E-state index < -0.39 is 114 Å². The van der Waals surface area contributed by atoms with E-state index in [2.05, 4.69) is 51.8 Å². The smallest absolute Gasteiger partial charge is 0.326 e. The normalized spacial score (nSPS) is 17.7. The highest BCUT2D eigenvalue weighted by Gasteiger charge is 2.43. The van der Waals surface area contributed by atoms with Crippen LogP contribution >= 0.6 is 0 Å². The molecule has 8 amide bonds. The van der Waals surface area contributed by atoms with Gasteiger partial charge in [0.1, 0.15) is 48.3 Å². The first kappa shape index (κ1) is 66.7. The van der Waals surface area contributed by atoms with Crippen molar-refractivity contribution < 1.29 is 48.3 Å². The largest absolute Gasteiger partial charge is 0.480 e. The summed E-state index contributed by atoms with van der Waals surface area (Å²) in [5.74, 6) is -7.05. The van der Waals surface area contributed by atoms with Crippen molar-refractivity contribution in [3.8, 4) is 0 Å². The number of para-hydroxylation sites is 1. The minimum Gasteiger partial charge on any atom is -0.480 e. The first-order valence-electron chi connectivity index (χ1n) is 29.9. The van der Waals surface area contributed by atoms with Crippen molar-refractivity contribution in [3.05, 3.63) is 90.1 Å². The zero-order chi connectivity index (χ0) is 62.5. The molecule has 0 spiro atoms. The lowest BCUT2D eigenvalue weighted by Crippen LogP contribution is -2.60. The molecule has 2 aromatic carbocycles. The van der Waals surface area contributed by atoms with E-state index in [1.807, 2.05) is 75.4 Å². The fourth-order valence-electron chi connectivity index (χ4n) is 11.0. The second kappa shape index (κ2) is 32.8. The summed E-state index contributed by atoms with van der Waals surface area (Å²) >= 11 is 0. The van der Waals surface area contributed by atoms with Gasteiger partial charge in [0, 0.05) is 61.5 Å². The van der Waals surface area contributed by atoms with Gasteiger partial charge in [0.15, 0.2) is 5.96 Å². The number of amides is 8. The molecule has 2 aromatic heterocycles. The third-order valence-electron chi connectivity index (χ3n) is 15.9. The molecule has 6 rings (SSSR count). The molecule has 17 N–H and O–H groups in total. The monoisotopic (exact) mass is 1190 g/mol. The van der Waals surface area contributed by atoms with Gasteiger partial charge in [0.05, 0.1) is 12.4 Å². The van der Waals surface area contributed by atoms with Crippen molar-refractivity contribution in [2.75, 3.05) is 26.2 Å². The predicted molar refractivity (Wildman–Crippen MR) is 323 cm³/mol. The first-order chi connectivity index (χ1) is 41.2. The molecule has 0 radical (unpaired) electrons. The molecule has 0 unspecified atom stereocenters. The molecule has 2 saturated heterocycles. The Labute approximate surface area is 501 Å². The summed E-state index contributed by atoms with van der Waals surface area (Å²) < 4.78 is 0. The number of imidazole rings is 1. The molecular formula is C60H88N16O10. The molecule has 26 heteroatoms. The van der Waals surface area contributed by atoms with Crippen LogP contribution in [0.4, 0.5) is 0 Å². The number of aliphatic imine (C=N–C) groups is 1. The van der Waals surface area contributed by atoms with Crippen LogP contribution in [0.2, 0.25) is 0 Å². The molecule has 2 fully saturated rings. The number of hydrogen-bond acceptors (Lipinski definition) is 13. The first-order valence-corrected chi connectivity index (χ1v) is 29.9. The molecule has 26 nitrogen and oxygen atoms in total. The van der Waals surface area contributed by atoms with E-state index >= 15 is 0 Å². The van der Waals surface area contributed by atoms with Crippen LogP contribution in [0.1, 0.15) is 115 Å². The number of H-pyrrole nitrogens is 2. The van der Waals surface area contributed by atoms with Gasteiger partial charge in [-0.25, -0.2) is 9.78 Å². The lowest BCUT2D eigenvalue weighted by molar-refractivity contribution is -0.143. The van der Waals surface area contributed by atoms with Gasteiger partial charge in [-0.2, -0.15) is 0 Å². The summed E-state index contributed by atoms with van der Waals surface area (Å²) in [6.07, 6.45) is 7.97. The lowest BCUT2D eigenvalue weighted by atomic mass is 9.96. The average Bonchev–Trinajstić information content (AvgIpc) is 3.59. The number of aliphatic carboxylic acids is 1. The quantitative estimate of drug-likeness (QED) is 0.0175. The van der Waals surface area contributed by atoms with E-state index in [1.54, 1.807) is 13.1 Å². The number of carbonyl (C=O) groups is 9. The molecule has 10 atom stereocenters. The highest BCUT2D eigenvalue weighted by atomic mass is 16.4. The summed E-state index contributed by atoms with van der Waals surface area (Å²) in [4.78, 5) is 145. The van der Waals surface area contributed by atoms with Gasteiger partial charge < -0.3 is 79.7 Å². The van der Waals surface area contributed by atoms with Crippen LogP contribution in [0, 0.1) is 11.8 Å². The number of benzene rings is 2. The number of unbranched alkanes of at least 4 members (excludes halogenated alkanes) is 1. The summed E-state index contributed by atoms with van der Waals surface area (Å²) in [5.41, 5.74) is 26.3. The van der Waals surface area contributed by atoms with Crippen molar-refractivity contribution in [3.63, 3.8) is 0 Å². The van der Waals surface area contributed by atoms with Crippen LogP contribution in [0.15, 0.2) is 78.3 Å². The van der Waals surface area contributed by atoms with Crippen LogP contribution in [-0.4, -0.2) is 170 Å². The van der Waals surface area contributed by atoms with E-state index in [4.69, 9.17) is 22.9 Å². The number of likely N-dealkylation sites (tertiary alicyclic amines) is 2. The molecule has 4 aromatic rings. The molecule has 0 saturated carbocycles. The number of rotatable bonds is 33. The number of nitrogens with two attached hydrogens (primary N) is 4. The molecule has 86 heavy (non-hydrogen) atoms. The van der Waals surface area contributed by atoms with E-state index in [0.29, 0.717) is 49.9 Å². The SMILES string of the molecule is CC[C@H](C)[C@H](NC(=O)[C@H](Cc1c[nH]c2ccccc12)NC(=O)[C@@H]1CCCN1C(=O)[C@H](CCCN=C(N)N)NC(=O)[C@H](CCCCN)NC(=O)[C@@H]1CCCN1C(=O)[C@H](Cc1cnc[nH]1)NC(=O)[C@@H](N)Cc1ccccc1)C(=O)N[C@@H](CC(C)C)C(=O)O. The van der Waals surface area contributed by atoms with Crippen molar-refractivity contribution in [2.24, 2.45) is 39.8 Å². The average molecular weight is 1190 g/mol. The Balaban J connectivity index is 1.21. The second-order valence-electron chi connectivity index (χ2n) is 22.9. The lowest BCUT2D eigenvalue weighted by Gasteiger charge is -2.32. The maximum atomic E-state index is 15.0. The number of carboxylic acid groups (broad SMARTS) is 1. The fraction of sp³-hybridized carbons (Fsp3) is 0.550. The minimum atomic E-state index is -1.30. The number of hydrogen-bond donors (Lipinski definition) is 13. The third-order valence-corrected chi connectivity index (χ3v) is 15.9. The number of guanidine groups is 1. The summed E-state index contributed by atoms with van der Waals surface area (Å²) in [6.45, 7) is 7.91. The van der Waals surface area contributed by atoms with Crippen LogP contribution < -0.4 is 54.8 Å². The number of carboxylic acids is 1. The maximum Gasteiger partial charge on any atom is 0.326 e. The van der Waals surface area contributed by atoms with Crippen molar-refractivity contribution >= 4 is 70.1 Å². The highest BCUT2D eigenvalue weighted by Crippen LogP contribution is 2.25. The van der Waals surface area contributed by atoms with Gasteiger partial charge >= 0.3 is 5.97 Å². The number of aromatic amines is 2. The summed E-state index contributed by atoms with van der Waals surface area (Å²) in [5, 5.41) is 27.6. The zero-order valence-corrected chi connectivity index (χ0v) is 49.7.